The van der Waals surface area contributed by atoms with E-state index in [-0.39, 0.29) is 18.0 Å². The molecule has 0 fully saturated rings. The highest BCUT2D eigenvalue weighted by Gasteiger charge is 2.36. The maximum Gasteiger partial charge on any atom is 0.243 e. The van der Waals surface area contributed by atoms with Gasteiger partial charge in [0, 0.05) is 6.54 Å². The summed E-state index contributed by atoms with van der Waals surface area (Å²) in [6, 6.07) is 33.1. The predicted octanol–water partition coefficient (Wildman–Crippen LogP) is 5.95. The minimum Gasteiger partial charge on any atom is -0.375 e. The second-order valence-electron chi connectivity index (χ2n) is 9.26. The molecule has 37 heavy (non-hydrogen) atoms. The molecule has 4 aromatic carbocycles. The molecule has 0 aliphatic carbocycles. The number of sulfonamides is 1. The third-order valence-electron chi connectivity index (χ3n) is 6.45. The molecular formula is C31H34N2O3S. The van der Waals surface area contributed by atoms with Gasteiger partial charge < -0.3 is 10.5 Å². The van der Waals surface area contributed by atoms with Crippen LogP contribution in [0.2, 0.25) is 0 Å². The van der Waals surface area contributed by atoms with Crippen LogP contribution < -0.4 is 5.73 Å². The van der Waals surface area contributed by atoms with Gasteiger partial charge in [0.1, 0.15) is 0 Å². The maximum atomic E-state index is 14.1. The zero-order valence-corrected chi connectivity index (χ0v) is 22.1. The lowest BCUT2D eigenvalue weighted by atomic mass is 9.94. The molecule has 0 spiro atoms. The van der Waals surface area contributed by atoms with Gasteiger partial charge >= 0.3 is 0 Å². The second kappa shape index (κ2) is 12.3. The third kappa shape index (κ3) is 6.73. The Morgan fingerprint density at radius 2 is 1.24 bits per heavy atom. The highest BCUT2D eigenvalue weighted by molar-refractivity contribution is 7.89. The summed E-state index contributed by atoms with van der Waals surface area (Å²) in [4.78, 5) is 0.234. The first-order valence-corrected chi connectivity index (χ1v) is 13.9. The summed E-state index contributed by atoms with van der Waals surface area (Å²) in [5.41, 5.74) is 11.7. The molecule has 0 heterocycles. The molecule has 0 aromatic heterocycles. The molecule has 4 rings (SSSR count). The van der Waals surface area contributed by atoms with E-state index in [1.165, 1.54) is 9.87 Å². The van der Waals surface area contributed by atoms with Crippen molar-refractivity contribution in [2.75, 3.05) is 13.2 Å². The minimum atomic E-state index is -3.90. The lowest BCUT2D eigenvalue weighted by Crippen LogP contribution is -2.42. The normalized spacial score (nSPS) is 13.4. The number of aryl methyl sites for hydroxylation is 2. The number of nitrogens with two attached hydrogens (primary N) is 1. The molecule has 0 bridgehead atoms. The number of benzene rings is 4. The zero-order valence-electron chi connectivity index (χ0n) is 21.3. The van der Waals surface area contributed by atoms with E-state index in [2.05, 4.69) is 0 Å². The van der Waals surface area contributed by atoms with E-state index < -0.39 is 22.1 Å². The second-order valence-corrected chi connectivity index (χ2v) is 11.1. The molecule has 2 atom stereocenters. The van der Waals surface area contributed by atoms with Crippen LogP contribution in [0, 0.1) is 13.8 Å². The van der Waals surface area contributed by atoms with Gasteiger partial charge in [-0.1, -0.05) is 108 Å². The van der Waals surface area contributed by atoms with Gasteiger partial charge in [0.15, 0.2) is 0 Å². The fourth-order valence-electron chi connectivity index (χ4n) is 4.34. The van der Waals surface area contributed by atoms with Crippen LogP contribution in [0.1, 0.15) is 39.9 Å². The average Bonchev–Trinajstić information content (AvgIpc) is 2.92. The first-order valence-electron chi connectivity index (χ1n) is 12.4. The van der Waals surface area contributed by atoms with Crippen molar-refractivity contribution >= 4 is 10.0 Å². The molecule has 192 valence electrons. The molecule has 0 aliphatic rings. The van der Waals surface area contributed by atoms with E-state index in [1.807, 2.05) is 111 Å². The number of hydrogen-bond donors (Lipinski definition) is 1. The SMILES string of the molecule is Cc1ccc(COCCN(C(c2ccccc2)C(N)c2ccccc2)S(=O)(=O)c2ccc(C)cc2)cc1. The Kier molecular flexibility index (Phi) is 8.90. The smallest absolute Gasteiger partial charge is 0.243 e. The summed E-state index contributed by atoms with van der Waals surface area (Å²) in [6.45, 7) is 4.76. The van der Waals surface area contributed by atoms with Crippen LogP contribution in [0.25, 0.3) is 0 Å². The van der Waals surface area contributed by atoms with Gasteiger partial charge in [0.2, 0.25) is 10.0 Å². The summed E-state index contributed by atoms with van der Waals surface area (Å²) in [5.74, 6) is 0. The Morgan fingerprint density at radius 1 is 0.730 bits per heavy atom. The van der Waals surface area contributed by atoms with Crippen LogP contribution in [0.3, 0.4) is 0 Å². The van der Waals surface area contributed by atoms with Crippen LogP contribution in [-0.4, -0.2) is 25.9 Å². The number of rotatable bonds is 11. The topological polar surface area (TPSA) is 72.6 Å². The first kappa shape index (κ1) is 26.8. The van der Waals surface area contributed by atoms with Gasteiger partial charge in [0.05, 0.1) is 30.2 Å². The molecule has 5 nitrogen and oxygen atoms in total. The Morgan fingerprint density at radius 3 is 1.81 bits per heavy atom. The van der Waals surface area contributed by atoms with Gasteiger partial charge in [-0.15, -0.1) is 0 Å². The van der Waals surface area contributed by atoms with Crippen LogP contribution in [0.5, 0.6) is 0 Å². The van der Waals surface area contributed by atoms with E-state index in [1.54, 1.807) is 12.1 Å². The Balaban J connectivity index is 1.69. The average molecular weight is 515 g/mol. The van der Waals surface area contributed by atoms with Crippen molar-refractivity contribution in [2.45, 2.75) is 37.4 Å². The van der Waals surface area contributed by atoms with E-state index in [9.17, 15) is 8.42 Å². The van der Waals surface area contributed by atoms with Crippen molar-refractivity contribution in [3.8, 4) is 0 Å². The summed E-state index contributed by atoms with van der Waals surface area (Å²) < 4.78 is 35.7. The van der Waals surface area contributed by atoms with E-state index in [0.29, 0.717) is 6.61 Å². The molecule has 0 saturated carbocycles. The highest BCUT2D eigenvalue weighted by atomic mass is 32.2. The molecular weight excluding hydrogens is 480 g/mol. The van der Waals surface area contributed by atoms with Gasteiger partial charge in [-0.05, 0) is 42.7 Å². The van der Waals surface area contributed by atoms with Crippen molar-refractivity contribution < 1.29 is 13.2 Å². The number of nitrogens with zero attached hydrogens (tertiary/aromatic N) is 1. The fraction of sp³-hybridized carbons (Fsp3) is 0.226. The Bertz CT molecular complexity index is 1360. The summed E-state index contributed by atoms with van der Waals surface area (Å²) in [6.07, 6.45) is 0. The lowest BCUT2D eigenvalue weighted by molar-refractivity contribution is 0.100. The molecule has 0 aliphatic heterocycles. The van der Waals surface area contributed by atoms with Crippen molar-refractivity contribution in [1.29, 1.82) is 0 Å². The largest absolute Gasteiger partial charge is 0.375 e. The van der Waals surface area contributed by atoms with Crippen LogP contribution >= 0.6 is 0 Å². The van der Waals surface area contributed by atoms with Crippen molar-refractivity contribution in [1.82, 2.24) is 4.31 Å². The molecule has 2 unspecified atom stereocenters. The van der Waals surface area contributed by atoms with E-state index >= 15 is 0 Å². The number of ether oxygens (including phenoxy) is 1. The van der Waals surface area contributed by atoms with Crippen LogP contribution in [-0.2, 0) is 21.4 Å². The van der Waals surface area contributed by atoms with E-state index in [0.717, 1.165) is 22.3 Å². The first-order chi connectivity index (χ1) is 17.9. The van der Waals surface area contributed by atoms with Crippen molar-refractivity contribution in [3.05, 3.63) is 137 Å². The molecule has 0 saturated heterocycles. The summed E-state index contributed by atoms with van der Waals surface area (Å²) in [7, 11) is -3.90. The van der Waals surface area contributed by atoms with Crippen molar-refractivity contribution in [2.24, 2.45) is 5.73 Å². The van der Waals surface area contributed by atoms with Gasteiger partial charge in [-0.3, -0.25) is 0 Å². The minimum absolute atomic E-state index is 0.155. The standard InChI is InChI=1S/C31H34N2O3S/c1-24-13-17-26(18-14-24)23-36-22-21-33(37(34,35)29-19-15-25(2)16-20-29)31(28-11-7-4-8-12-28)30(32)27-9-5-3-6-10-27/h3-20,30-31H,21-23,32H2,1-2H3. The quantitative estimate of drug-likeness (QED) is 0.251. The molecule has 4 aromatic rings. The zero-order chi connectivity index (χ0) is 26.3. The third-order valence-corrected chi connectivity index (χ3v) is 8.34. The number of hydrogen-bond acceptors (Lipinski definition) is 4. The molecule has 6 heteroatoms. The summed E-state index contributed by atoms with van der Waals surface area (Å²) >= 11 is 0. The molecule has 0 radical (unpaired) electrons. The van der Waals surface area contributed by atoms with E-state index in [4.69, 9.17) is 10.5 Å². The van der Waals surface area contributed by atoms with Gasteiger partial charge in [-0.25, -0.2) is 8.42 Å². The Hall–Kier alpha value is -3.29. The molecule has 2 N–H and O–H groups in total. The van der Waals surface area contributed by atoms with Gasteiger partial charge in [0.25, 0.3) is 0 Å². The lowest BCUT2D eigenvalue weighted by Gasteiger charge is -2.35. The Labute approximate surface area is 220 Å². The van der Waals surface area contributed by atoms with Crippen LogP contribution in [0.4, 0.5) is 0 Å². The monoisotopic (exact) mass is 514 g/mol. The maximum absolute atomic E-state index is 14.1. The van der Waals surface area contributed by atoms with Crippen LogP contribution in [0.15, 0.2) is 114 Å². The fourth-order valence-corrected chi connectivity index (χ4v) is 5.96. The van der Waals surface area contributed by atoms with Crippen molar-refractivity contribution in [3.63, 3.8) is 0 Å². The highest BCUT2D eigenvalue weighted by Crippen LogP contribution is 2.36. The van der Waals surface area contributed by atoms with Gasteiger partial charge in [-0.2, -0.15) is 4.31 Å². The summed E-state index contributed by atoms with van der Waals surface area (Å²) in [5, 5.41) is 0. The predicted molar refractivity (Wildman–Crippen MR) is 148 cm³/mol. The molecule has 0 amide bonds.